The van der Waals surface area contributed by atoms with Crippen molar-refractivity contribution in [1.29, 1.82) is 0 Å². The van der Waals surface area contributed by atoms with E-state index in [-0.39, 0.29) is 5.56 Å². The van der Waals surface area contributed by atoms with Crippen LogP contribution in [-0.2, 0) is 24.7 Å². The fraction of sp³-hybridized carbons (Fsp3) is 0.150. The molecule has 1 heterocycles. The zero-order chi connectivity index (χ0) is 20.5. The van der Waals surface area contributed by atoms with Gasteiger partial charge in [0.25, 0.3) is 11.7 Å². The van der Waals surface area contributed by atoms with Crippen LogP contribution in [0.5, 0.6) is 0 Å². The highest BCUT2D eigenvalue weighted by Gasteiger charge is 2.51. The predicted octanol–water partition coefficient (Wildman–Crippen LogP) is 2.94. The molecule has 6 nitrogen and oxygen atoms in total. The standard InChI is InChI=1S/C20H15F2NO5/c1-11(24)27-16-17(25)20(2,14-10-13(21)8-9-15(14)22)28-19(16)23-18(26)12-6-4-3-5-7-12/h3-10H,1-2H3,(H,23,26). The minimum Gasteiger partial charge on any atom is -0.456 e. The second-order valence-electron chi connectivity index (χ2n) is 6.16. The summed E-state index contributed by atoms with van der Waals surface area (Å²) in [4.78, 5) is 36.7. The van der Waals surface area contributed by atoms with Crippen molar-refractivity contribution in [3.63, 3.8) is 0 Å². The number of Topliss-reactive ketones (excluding diaryl/α,β-unsaturated/α-hetero) is 1. The summed E-state index contributed by atoms with van der Waals surface area (Å²) in [7, 11) is 0. The molecule has 0 saturated carbocycles. The quantitative estimate of drug-likeness (QED) is 0.816. The molecule has 2 aromatic carbocycles. The molecule has 0 aromatic heterocycles. The molecule has 3 rings (SSSR count). The number of carbonyl (C=O) groups is 3. The first kappa shape index (κ1) is 19.2. The highest BCUT2D eigenvalue weighted by molar-refractivity contribution is 6.05. The van der Waals surface area contributed by atoms with Gasteiger partial charge in [-0.1, -0.05) is 18.2 Å². The molecule has 144 valence electrons. The summed E-state index contributed by atoms with van der Waals surface area (Å²) in [5.41, 5.74) is -2.18. The van der Waals surface area contributed by atoms with Crippen molar-refractivity contribution in [2.24, 2.45) is 0 Å². The molecule has 0 aliphatic carbocycles. The van der Waals surface area contributed by atoms with E-state index < -0.39 is 52.1 Å². The molecule has 0 fully saturated rings. The van der Waals surface area contributed by atoms with Crippen molar-refractivity contribution in [3.8, 4) is 0 Å². The summed E-state index contributed by atoms with van der Waals surface area (Å²) in [5.74, 6) is -5.15. The van der Waals surface area contributed by atoms with E-state index in [1.165, 1.54) is 19.1 Å². The van der Waals surface area contributed by atoms with Crippen LogP contribution in [0, 0.1) is 11.6 Å². The lowest BCUT2D eigenvalue weighted by atomic mass is 9.91. The smallest absolute Gasteiger partial charge is 0.308 e. The molecular formula is C20H15F2NO5. The Morgan fingerprint density at radius 1 is 1.11 bits per heavy atom. The maximum atomic E-state index is 14.3. The van der Waals surface area contributed by atoms with E-state index in [4.69, 9.17) is 9.47 Å². The van der Waals surface area contributed by atoms with E-state index >= 15 is 0 Å². The highest BCUT2D eigenvalue weighted by Crippen LogP contribution is 2.39. The first-order chi connectivity index (χ1) is 13.2. The third-order valence-electron chi connectivity index (χ3n) is 4.10. The van der Waals surface area contributed by atoms with Crippen molar-refractivity contribution >= 4 is 17.7 Å². The number of amides is 1. The van der Waals surface area contributed by atoms with Gasteiger partial charge in [-0.15, -0.1) is 0 Å². The molecule has 0 spiro atoms. The topological polar surface area (TPSA) is 81.7 Å². The van der Waals surface area contributed by atoms with Crippen LogP contribution >= 0.6 is 0 Å². The van der Waals surface area contributed by atoms with Crippen LogP contribution in [-0.4, -0.2) is 17.7 Å². The predicted molar refractivity (Wildman–Crippen MR) is 92.5 cm³/mol. The molecule has 0 saturated heterocycles. The van der Waals surface area contributed by atoms with E-state index in [0.717, 1.165) is 25.1 Å². The summed E-state index contributed by atoms with van der Waals surface area (Å²) >= 11 is 0. The van der Waals surface area contributed by atoms with Crippen LogP contribution in [0.15, 0.2) is 60.2 Å². The number of hydrogen-bond acceptors (Lipinski definition) is 5. The van der Waals surface area contributed by atoms with E-state index in [2.05, 4.69) is 5.32 Å². The molecule has 8 heteroatoms. The molecule has 1 atom stereocenters. The highest BCUT2D eigenvalue weighted by atomic mass is 19.1. The van der Waals surface area contributed by atoms with Gasteiger partial charge in [0.05, 0.1) is 0 Å². The van der Waals surface area contributed by atoms with Crippen molar-refractivity contribution < 1.29 is 32.6 Å². The molecule has 28 heavy (non-hydrogen) atoms. The molecule has 1 aliphatic rings. The van der Waals surface area contributed by atoms with E-state index in [1.807, 2.05) is 0 Å². The number of nitrogens with one attached hydrogen (secondary N) is 1. The van der Waals surface area contributed by atoms with Crippen LogP contribution in [0.25, 0.3) is 0 Å². The first-order valence-electron chi connectivity index (χ1n) is 8.21. The Morgan fingerprint density at radius 3 is 2.43 bits per heavy atom. The van der Waals surface area contributed by atoms with Gasteiger partial charge < -0.3 is 9.47 Å². The van der Waals surface area contributed by atoms with Crippen LogP contribution < -0.4 is 5.32 Å². The van der Waals surface area contributed by atoms with Crippen LogP contribution in [0.2, 0.25) is 0 Å². The minimum absolute atomic E-state index is 0.249. The minimum atomic E-state index is -2.03. The number of rotatable bonds is 4. The number of benzene rings is 2. The lowest BCUT2D eigenvalue weighted by Gasteiger charge is -2.24. The van der Waals surface area contributed by atoms with Gasteiger partial charge in [0, 0.05) is 18.1 Å². The number of hydrogen-bond donors (Lipinski definition) is 1. The van der Waals surface area contributed by atoms with Gasteiger partial charge in [0.15, 0.2) is 0 Å². The van der Waals surface area contributed by atoms with Crippen LogP contribution in [0.1, 0.15) is 29.8 Å². The van der Waals surface area contributed by atoms with Gasteiger partial charge in [-0.05, 0) is 37.3 Å². The molecule has 1 unspecified atom stereocenters. The SMILES string of the molecule is CC(=O)OC1=C(NC(=O)c2ccccc2)OC(C)(c2cc(F)ccc2F)C1=O. The lowest BCUT2D eigenvalue weighted by Crippen LogP contribution is -2.33. The average molecular weight is 387 g/mol. The van der Waals surface area contributed by atoms with Gasteiger partial charge in [-0.25, -0.2) is 8.78 Å². The maximum absolute atomic E-state index is 14.3. The van der Waals surface area contributed by atoms with Crippen LogP contribution in [0.4, 0.5) is 8.78 Å². The molecule has 1 amide bonds. The Kier molecular flexibility index (Phi) is 4.96. The molecule has 2 aromatic rings. The van der Waals surface area contributed by atoms with E-state index in [0.29, 0.717) is 0 Å². The number of ketones is 1. The monoisotopic (exact) mass is 387 g/mol. The Labute approximate surface area is 158 Å². The lowest BCUT2D eigenvalue weighted by molar-refractivity contribution is -0.142. The van der Waals surface area contributed by atoms with Gasteiger partial charge in [-0.3, -0.25) is 19.7 Å². The van der Waals surface area contributed by atoms with Crippen molar-refractivity contribution in [2.75, 3.05) is 0 Å². The Bertz CT molecular complexity index is 1000. The van der Waals surface area contributed by atoms with Gasteiger partial charge >= 0.3 is 5.97 Å². The number of carbonyl (C=O) groups excluding carboxylic acids is 3. The maximum Gasteiger partial charge on any atom is 0.308 e. The second-order valence-corrected chi connectivity index (χ2v) is 6.16. The van der Waals surface area contributed by atoms with Crippen molar-refractivity contribution in [3.05, 3.63) is 82.9 Å². The normalized spacial score (nSPS) is 18.6. The zero-order valence-corrected chi connectivity index (χ0v) is 14.9. The summed E-state index contributed by atoms with van der Waals surface area (Å²) in [6, 6.07) is 10.5. The van der Waals surface area contributed by atoms with Gasteiger partial charge in [0.2, 0.25) is 17.2 Å². The zero-order valence-electron chi connectivity index (χ0n) is 14.9. The average Bonchev–Trinajstić information content (AvgIpc) is 2.89. The Balaban J connectivity index is 2.00. The summed E-state index contributed by atoms with van der Waals surface area (Å²) in [6.07, 6.45) is 0. The Morgan fingerprint density at radius 2 is 1.79 bits per heavy atom. The fourth-order valence-corrected chi connectivity index (χ4v) is 2.74. The summed E-state index contributed by atoms with van der Waals surface area (Å²) in [6.45, 7) is 2.24. The first-order valence-corrected chi connectivity index (χ1v) is 8.21. The van der Waals surface area contributed by atoms with Crippen molar-refractivity contribution in [1.82, 2.24) is 5.32 Å². The van der Waals surface area contributed by atoms with Gasteiger partial charge in [-0.2, -0.15) is 0 Å². The van der Waals surface area contributed by atoms with Gasteiger partial charge in [0.1, 0.15) is 11.6 Å². The number of ether oxygens (including phenoxy) is 2. The summed E-state index contributed by atoms with van der Waals surface area (Å²) in [5, 5.41) is 2.34. The number of halogens is 2. The second kappa shape index (κ2) is 7.22. The summed E-state index contributed by atoms with van der Waals surface area (Å²) < 4.78 is 38.3. The molecule has 1 N–H and O–H groups in total. The van der Waals surface area contributed by atoms with E-state index in [1.54, 1.807) is 18.2 Å². The van der Waals surface area contributed by atoms with Crippen LogP contribution in [0.3, 0.4) is 0 Å². The number of esters is 1. The van der Waals surface area contributed by atoms with E-state index in [9.17, 15) is 23.2 Å². The van der Waals surface area contributed by atoms with Crippen molar-refractivity contribution in [2.45, 2.75) is 19.4 Å². The third kappa shape index (κ3) is 3.48. The molecular weight excluding hydrogens is 372 g/mol. The largest absolute Gasteiger partial charge is 0.456 e. The molecule has 0 radical (unpaired) electrons. The Hall–Kier alpha value is -3.55. The molecule has 0 bridgehead atoms. The third-order valence-corrected chi connectivity index (χ3v) is 4.10. The molecule has 1 aliphatic heterocycles. The fourth-order valence-electron chi connectivity index (χ4n) is 2.74.